The third-order valence-electron chi connectivity index (χ3n) is 2.68. The van der Waals surface area contributed by atoms with Crippen LogP contribution in [0, 0.1) is 6.92 Å². The molecule has 0 spiro atoms. The first-order chi connectivity index (χ1) is 7.84. The summed E-state index contributed by atoms with van der Waals surface area (Å²) in [7, 11) is 0. The summed E-state index contributed by atoms with van der Waals surface area (Å²) in [6.07, 6.45) is 7.56. The van der Waals surface area contributed by atoms with Crippen molar-refractivity contribution < 1.29 is 0 Å². The number of nitrogens with one attached hydrogen (secondary N) is 2. The lowest BCUT2D eigenvalue weighted by Gasteiger charge is -2.05. The lowest BCUT2D eigenvalue weighted by atomic mass is 10.3. The zero-order valence-corrected chi connectivity index (χ0v) is 9.87. The standard InChI is InChI=1S/C12H20N4/c1-10-7-16-12(9-15-10)8-13-5-2-6-14-11-3-4-11/h7,9,11,13-14H,2-6,8H2,1H3. The molecule has 0 aliphatic heterocycles. The molecule has 0 bridgehead atoms. The summed E-state index contributed by atoms with van der Waals surface area (Å²) >= 11 is 0. The Morgan fingerprint density at radius 2 is 2.12 bits per heavy atom. The van der Waals surface area contributed by atoms with Crippen LogP contribution >= 0.6 is 0 Å². The van der Waals surface area contributed by atoms with Crippen LogP contribution in [0.3, 0.4) is 0 Å². The van der Waals surface area contributed by atoms with Gasteiger partial charge in [-0.3, -0.25) is 9.97 Å². The number of hydrogen-bond acceptors (Lipinski definition) is 4. The quantitative estimate of drug-likeness (QED) is 0.674. The highest BCUT2D eigenvalue weighted by atomic mass is 15.0. The normalized spacial score (nSPS) is 15.3. The van der Waals surface area contributed by atoms with E-state index in [1.54, 1.807) is 0 Å². The van der Waals surface area contributed by atoms with E-state index in [4.69, 9.17) is 0 Å². The van der Waals surface area contributed by atoms with E-state index < -0.39 is 0 Å². The summed E-state index contributed by atoms with van der Waals surface area (Å²) in [6, 6.07) is 0.822. The SMILES string of the molecule is Cc1cnc(CNCCCNC2CC2)cn1. The van der Waals surface area contributed by atoms with Gasteiger partial charge in [0.15, 0.2) is 0 Å². The summed E-state index contributed by atoms with van der Waals surface area (Å²) in [5, 5.41) is 6.87. The first-order valence-corrected chi connectivity index (χ1v) is 6.06. The third kappa shape index (κ3) is 4.24. The Morgan fingerprint density at radius 1 is 1.25 bits per heavy atom. The molecule has 0 unspecified atom stereocenters. The first kappa shape index (κ1) is 11.5. The van der Waals surface area contributed by atoms with Crippen LogP contribution in [0.25, 0.3) is 0 Å². The summed E-state index contributed by atoms with van der Waals surface area (Å²) in [4.78, 5) is 8.50. The van der Waals surface area contributed by atoms with Gasteiger partial charge in [-0.15, -0.1) is 0 Å². The maximum absolute atomic E-state index is 4.29. The van der Waals surface area contributed by atoms with Crippen molar-refractivity contribution in [1.82, 2.24) is 20.6 Å². The van der Waals surface area contributed by atoms with Gasteiger partial charge in [0.05, 0.1) is 11.4 Å². The van der Waals surface area contributed by atoms with Crippen molar-refractivity contribution in [2.24, 2.45) is 0 Å². The average molecular weight is 220 g/mol. The Morgan fingerprint density at radius 3 is 2.81 bits per heavy atom. The van der Waals surface area contributed by atoms with Gasteiger partial charge < -0.3 is 10.6 Å². The van der Waals surface area contributed by atoms with E-state index in [2.05, 4.69) is 20.6 Å². The molecule has 2 rings (SSSR count). The molecule has 1 heterocycles. The number of aryl methyl sites for hydroxylation is 1. The van der Waals surface area contributed by atoms with Crippen LogP contribution in [0.1, 0.15) is 30.7 Å². The monoisotopic (exact) mass is 220 g/mol. The molecule has 1 fully saturated rings. The topological polar surface area (TPSA) is 49.8 Å². The van der Waals surface area contributed by atoms with Crippen molar-refractivity contribution in [2.75, 3.05) is 13.1 Å². The number of hydrogen-bond donors (Lipinski definition) is 2. The fraction of sp³-hybridized carbons (Fsp3) is 0.667. The van der Waals surface area contributed by atoms with Crippen LogP contribution in [0.4, 0.5) is 0 Å². The molecule has 1 aromatic rings. The Kier molecular flexibility index (Phi) is 4.25. The van der Waals surface area contributed by atoms with Gasteiger partial charge in [0.2, 0.25) is 0 Å². The minimum Gasteiger partial charge on any atom is -0.314 e. The van der Waals surface area contributed by atoms with E-state index in [0.717, 1.165) is 37.1 Å². The lowest BCUT2D eigenvalue weighted by Crippen LogP contribution is -2.23. The van der Waals surface area contributed by atoms with Crippen molar-refractivity contribution in [3.8, 4) is 0 Å². The van der Waals surface area contributed by atoms with Gasteiger partial charge in [0.1, 0.15) is 0 Å². The highest BCUT2D eigenvalue weighted by Crippen LogP contribution is 2.18. The minimum absolute atomic E-state index is 0.816. The second kappa shape index (κ2) is 5.92. The van der Waals surface area contributed by atoms with Crippen molar-refractivity contribution >= 4 is 0 Å². The minimum atomic E-state index is 0.816. The van der Waals surface area contributed by atoms with Gasteiger partial charge in [-0.2, -0.15) is 0 Å². The van der Waals surface area contributed by atoms with Crippen LogP contribution in [0.2, 0.25) is 0 Å². The molecule has 1 aliphatic rings. The molecule has 4 nitrogen and oxygen atoms in total. The Hall–Kier alpha value is -1.00. The molecule has 2 N–H and O–H groups in total. The van der Waals surface area contributed by atoms with E-state index in [1.165, 1.54) is 19.3 Å². The molecule has 1 aliphatic carbocycles. The average Bonchev–Trinajstić information content (AvgIpc) is 3.10. The van der Waals surface area contributed by atoms with Gasteiger partial charge >= 0.3 is 0 Å². The van der Waals surface area contributed by atoms with Crippen LogP contribution in [-0.2, 0) is 6.54 Å². The van der Waals surface area contributed by atoms with Crippen molar-refractivity contribution in [1.29, 1.82) is 0 Å². The Bertz CT molecular complexity index is 305. The van der Waals surface area contributed by atoms with Crippen molar-refractivity contribution in [2.45, 2.75) is 38.8 Å². The first-order valence-electron chi connectivity index (χ1n) is 6.06. The lowest BCUT2D eigenvalue weighted by molar-refractivity contribution is 0.588. The summed E-state index contributed by atoms with van der Waals surface area (Å²) in [5.41, 5.74) is 1.98. The van der Waals surface area contributed by atoms with Crippen LogP contribution in [0.15, 0.2) is 12.4 Å². The summed E-state index contributed by atoms with van der Waals surface area (Å²) in [5.74, 6) is 0. The second-order valence-corrected chi connectivity index (χ2v) is 4.41. The molecule has 0 aromatic carbocycles. The fourth-order valence-electron chi connectivity index (χ4n) is 1.53. The summed E-state index contributed by atoms with van der Waals surface area (Å²) in [6.45, 7) is 4.93. The Balaban J connectivity index is 1.51. The Labute approximate surface area is 96.9 Å². The maximum Gasteiger partial charge on any atom is 0.0724 e. The molecular formula is C12H20N4. The molecule has 0 atom stereocenters. The molecule has 4 heteroatoms. The van der Waals surface area contributed by atoms with E-state index in [1.807, 2.05) is 19.3 Å². The molecule has 1 saturated carbocycles. The second-order valence-electron chi connectivity index (χ2n) is 4.41. The molecule has 88 valence electrons. The highest BCUT2D eigenvalue weighted by molar-refractivity contribution is 5.00. The van der Waals surface area contributed by atoms with Gasteiger partial charge in [0, 0.05) is 25.0 Å². The van der Waals surface area contributed by atoms with E-state index >= 15 is 0 Å². The van der Waals surface area contributed by atoms with Gasteiger partial charge in [-0.05, 0) is 39.3 Å². The maximum atomic E-state index is 4.29. The zero-order chi connectivity index (χ0) is 11.2. The molecule has 0 saturated heterocycles. The van der Waals surface area contributed by atoms with E-state index in [9.17, 15) is 0 Å². The summed E-state index contributed by atoms with van der Waals surface area (Å²) < 4.78 is 0. The molecule has 1 aromatic heterocycles. The third-order valence-corrected chi connectivity index (χ3v) is 2.68. The zero-order valence-electron chi connectivity index (χ0n) is 9.87. The molecule has 0 amide bonds. The van der Waals surface area contributed by atoms with E-state index in [-0.39, 0.29) is 0 Å². The van der Waals surface area contributed by atoms with Crippen LogP contribution in [-0.4, -0.2) is 29.1 Å². The molecule has 0 radical (unpaired) electrons. The van der Waals surface area contributed by atoms with Crippen molar-refractivity contribution in [3.63, 3.8) is 0 Å². The van der Waals surface area contributed by atoms with Crippen molar-refractivity contribution in [3.05, 3.63) is 23.8 Å². The highest BCUT2D eigenvalue weighted by Gasteiger charge is 2.19. The number of aromatic nitrogens is 2. The number of nitrogens with zero attached hydrogens (tertiary/aromatic N) is 2. The number of rotatable bonds is 7. The van der Waals surface area contributed by atoms with Crippen LogP contribution in [0.5, 0.6) is 0 Å². The predicted molar refractivity (Wildman–Crippen MR) is 64.1 cm³/mol. The van der Waals surface area contributed by atoms with Gasteiger partial charge in [-0.25, -0.2) is 0 Å². The van der Waals surface area contributed by atoms with E-state index in [0.29, 0.717) is 0 Å². The van der Waals surface area contributed by atoms with Crippen LogP contribution < -0.4 is 10.6 Å². The molecular weight excluding hydrogens is 200 g/mol. The molecule has 16 heavy (non-hydrogen) atoms. The largest absolute Gasteiger partial charge is 0.314 e. The smallest absolute Gasteiger partial charge is 0.0724 e. The van der Waals surface area contributed by atoms with Gasteiger partial charge in [0.25, 0.3) is 0 Å². The van der Waals surface area contributed by atoms with Gasteiger partial charge in [-0.1, -0.05) is 0 Å². The predicted octanol–water partition coefficient (Wildman–Crippen LogP) is 1.02. The fourth-order valence-corrected chi connectivity index (χ4v) is 1.53.